The number of carbonyl (C=O) groups excluding carboxylic acids is 7. The van der Waals surface area contributed by atoms with Crippen LogP contribution in [0.25, 0.3) is 0 Å². The van der Waals surface area contributed by atoms with Crippen molar-refractivity contribution in [3.05, 3.63) is 30.3 Å². The number of likely N-dealkylation sites (tertiary alicyclic amines) is 1. The molecular formula is C43H61N3O7. The Labute approximate surface area is 315 Å². The standard InChI is InChI=1S/C43H61N3O7/c1-5-14-30(38(50)36(48)23-27-21-22-27)25-35(47)34-24-29-17-12-13-20-33(29)46(34)42(53)39(43(2,3)4)45-40(51)32(28-15-8-6-9-16-28)26-37(49)41(52)44-31-18-10-7-11-19-31/h7,10-11,18-19,27-30,32-34,39H,5-6,8-9,12-17,20-26H2,1-4H3,(H,44,52)(H,45,51)/t29?,30-,32+,33?,34+,39-/m1/s1. The molecule has 1 aromatic carbocycles. The van der Waals surface area contributed by atoms with Gasteiger partial charge < -0.3 is 15.5 Å². The Kier molecular flexibility index (Phi) is 13.8. The quantitative estimate of drug-likeness (QED) is 0.168. The highest BCUT2D eigenvalue weighted by Gasteiger charge is 2.51. The van der Waals surface area contributed by atoms with Crippen molar-refractivity contribution >= 4 is 46.5 Å². The average Bonchev–Trinajstić information content (AvgIpc) is 3.87. The first-order chi connectivity index (χ1) is 25.3. The summed E-state index contributed by atoms with van der Waals surface area (Å²) in [6.45, 7) is 7.60. The molecule has 0 bridgehead atoms. The van der Waals surface area contributed by atoms with E-state index in [0.717, 1.165) is 70.6 Å². The van der Waals surface area contributed by atoms with Gasteiger partial charge in [-0.3, -0.25) is 33.6 Å². The predicted molar refractivity (Wildman–Crippen MR) is 203 cm³/mol. The second kappa shape index (κ2) is 18.1. The Hall–Kier alpha value is -3.69. The molecular weight excluding hydrogens is 670 g/mol. The van der Waals surface area contributed by atoms with Crippen LogP contribution in [-0.2, 0) is 33.6 Å². The number of ketones is 4. The van der Waals surface area contributed by atoms with Gasteiger partial charge >= 0.3 is 0 Å². The third kappa shape index (κ3) is 10.5. The summed E-state index contributed by atoms with van der Waals surface area (Å²) in [5, 5.41) is 5.72. The zero-order valence-corrected chi connectivity index (χ0v) is 32.3. The molecule has 1 aromatic rings. The van der Waals surface area contributed by atoms with Crippen LogP contribution in [0.4, 0.5) is 5.69 Å². The lowest BCUT2D eigenvalue weighted by atomic mass is 9.76. The van der Waals surface area contributed by atoms with Gasteiger partial charge in [0.1, 0.15) is 6.04 Å². The lowest BCUT2D eigenvalue weighted by Crippen LogP contribution is -2.60. The summed E-state index contributed by atoms with van der Waals surface area (Å²) in [6.07, 6.45) is 11.5. The second-order valence-electron chi connectivity index (χ2n) is 17.5. The highest BCUT2D eigenvalue weighted by atomic mass is 16.2. The predicted octanol–water partition coefficient (Wildman–Crippen LogP) is 6.79. The Morgan fingerprint density at radius 2 is 1.47 bits per heavy atom. The number of Topliss-reactive ketones (excluding diaryl/α,β-unsaturated/α-hetero) is 4. The average molecular weight is 732 g/mol. The van der Waals surface area contributed by atoms with E-state index in [1.165, 1.54) is 0 Å². The van der Waals surface area contributed by atoms with Crippen LogP contribution in [-0.4, -0.2) is 63.9 Å². The number of nitrogens with one attached hydrogen (secondary N) is 2. The molecule has 10 nitrogen and oxygen atoms in total. The molecule has 10 heteroatoms. The molecule has 0 spiro atoms. The van der Waals surface area contributed by atoms with Gasteiger partial charge in [0, 0.05) is 42.8 Å². The van der Waals surface area contributed by atoms with Crippen LogP contribution >= 0.6 is 0 Å². The van der Waals surface area contributed by atoms with E-state index in [1.54, 1.807) is 29.2 Å². The molecule has 2 unspecified atom stereocenters. The van der Waals surface area contributed by atoms with E-state index in [2.05, 4.69) is 10.6 Å². The maximum atomic E-state index is 14.9. The molecule has 2 N–H and O–H groups in total. The summed E-state index contributed by atoms with van der Waals surface area (Å²) in [6, 6.07) is 6.84. The number of hydrogen-bond acceptors (Lipinski definition) is 7. The van der Waals surface area contributed by atoms with Crippen molar-refractivity contribution < 1.29 is 33.6 Å². The minimum Gasteiger partial charge on any atom is -0.344 e. The minimum atomic E-state index is -0.987. The summed E-state index contributed by atoms with van der Waals surface area (Å²) in [7, 11) is 0. The highest BCUT2D eigenvalue weighted by molar-refractivity contribution is 6.41. The van der Waals surface area contributed by atoms with E-state index in [4.69, 9.17) is 0 Å². The van der Waals surface area contributed by atoms with E-state index in [9.17, 15) is 33.6 Å². The number of para-hydroxylation sites is 1. The molecule has 0 aromatic heterocycles. The van der Waals surface area contributed by atoms with Gasteiger partial charge in [0.05, 0.1) is 6.04 Å². The molecule has 53 heavy (non-hydrogen) atoms. The fourth-order valence-electron chi connectivity index (χ4n) is 9.10. The van der Waals surface area contributed by atoms with Crippen LogP contribution in [0.3, 0.4) is 0 Å². The molecule has 290 valence electrons. The highest BCUT2D eigenvalue weighted by Crippen LogP contribution is 2.42. The first-order valence-electron chi connectivity index (χ1n) is 20.4. The number of anilines is 1. The number of nitrogens with zero attached hydrogens (tertiary/aromatic N) is 1. The second-order valence-corrected chi connectivity index (χ2v) is 17.5. The molecule has 1 heterocycles. The molecule has 4 fully saturated rings. The maximum Gasteiger partial charge on any atom is 0.291 e. The number of fused-ring (bicyclic) bond motifs is 1. The van der Waals surface area contributed by atoms with Crippen molar-refractivity contribution in [1.82, 2.24) is 10.2 Å². The molecule has 1 aliphatic heterocycles. The van der Waals surface area contributed by atoms with Crippen molar-refractivity contribution in [2.24, 2.45) is 35.0 Å². The van der Waals surface area contributed by atoms with E-state index >= 15 is 0 Å². The van der Waals surface area contributed by atoms with E-state index in [1.807, 2.05) is 33.8 Å². The van der Waals surface area contributed by atoms with Gasteiger partial charge in [-0.2, -0.15) is 0 Å². The van der Waals surface area contributed by atoms with Crippen LogP contribution in [0, 0.1) is 35.0 Å². The Morgan fingerprint density at radius 3 is 2.11 bits per heavy atom. The fraction of sp³-hybridized carbons (Fsp3) is 0.698. The first kappa shape index (κ1) is 40.5. The maximum absolute atomic E-state index is 14.9. The summed E-state index contributed by atoms with van der Waals surface area (Å²) < 4.78 is 0. The van der Waals surface area contributed by atoms with Crippen molar-refractivity contribution in [3.8, 4) is 0 Å². The number of benzene rings is 1. The van der Waals surface area contributed by atoms with Crippen molar-refractivity contribution in [2.45, 2.75) is 155 Å². The van der Waals surface area contributed by atoms with E-state index in [0.29, 0.717) is 24.9 Å². The molecule has 0 radical (unpaired) electrons. The van der Waals surface area contributed by atoms with Crippen molar-refractivity contribution in [2.75, 3.05) is 5.32 Å². The van der Waals surface area contributed by atoms with Gasteiger partial charge in [0.15, 0.2) is 11.6 Å². The third-order valence-electron chi connectivity index (χ3n) is 12.3. The summed E-state index contributed by atoms with van der Waals surface area (Å²) in [4.78, 5) is 97.7. The van der Waals surface area contributed by atoms with Gasteiger partial charge in [0.2, 0.25) is 23.4 Å². The Morgan fingerprint density at radius 1 is 0.811 bits per heavy atom. The number of amides is 3. The molecule has 5 rings (SSSR count). The lowest BCUT2D eigenvalue weighted by molar-refractivity contribution is -0.148. The largest absolute Gasteiger partial charge is 0.344 e. The van der Waals surface area contributed by atoms with Gasteiger partial charge in [-0.1, -0.05) is 84.4 Å². The van der Waals surface area contributed by atoms with Crippen LogP contribution in [0.15, 0.2) is 30.3 Å². The third-order valence-corrected chi connectivity index (χ3v) is 12.3. The molecule has 3 saturated carbocycles. The normalized spacial score (nSPS) is 23.6. The van der Waals surface area contributed by atoms with Gasteiger partial charge in [-0.25, -0.2) is 0 Å². The van der Waals surface area contributed by atoms with E-state index < -0.39 is 52.7 Å². The summed E-state index contributed by atoms with van der Waals surface area (Å²) >= 11 is 0. The summed E-state index contributed by atoms with van der Waals surface area (Å²) in [5.74, 6) is -4.38. The molecule has 4 aliphatic rings. The van der Waals surface area contributed by atoms with Crippen LogP contribution in [0.1, 0.15) is 137 Å². The van der Waals surface area contributed by atoms with Gasteiger partial charge in [-0.05, 0) is 86.7 Å². The van der Waals surface area contributed by atoms with Gasteiger partial charge in [-0.15, -0.1) is 0 Å². The van der Waals surface area contributed by atoms with Crippen LogP contribution in [0.5, 0.6) is 0 Å². The topological polar surface area (TPSA) is 147 Å². The molecule has 1 saturated heterocycles. The number of hydrogen-bond donors (Lipinski definition) is 2. The fourth-order valence-corrected chi connectivity index (χ4v) is 9.10. The first-order valence-corrected chi connectivity index (χ1v) is 20.4. The van der Waals surface area contributed by atoms with E-state index in [-0.39, 0.29) is 60.5 Å². The minimum absolute atomic E-state index is 0.0690. The summed E-state index contributed by atoms with van der Waals surface area (Å²) in [5.41, 5.74) is -0.247. The zero-order chi connectivity index (χ0) is 38.3. The number of carbonyl (C=O) groups is 7. The zero-order valence-electron chi connectivity index (χ0n) is 32.3. The Balaban J connectivity index is 1.36. The van der Waals surface area contributed by atoms with Crippen LogP contribution < -0.4 is 10.6 Å². The molecule has 6 atom stereocenters. The Bertz CT molecular complexity index is 1510. The van der Waals surface area contributed by atoms with Crippen LogP contribution in [0.2, 0.25) is 0 Å². The van der Waals surface area contributed by atoms with Crippen molar-refractivity contribution in [1.29, 1.82) is 0 Å². The SMILES string of the molecule is CCC[C@H](CC(=O)[C@@H]1CC2CCCCC2N1C(=O)[C@@H](NC(=O)[C@@H](CC(=O)C(=O)Nc1ccccc1)C1CCCCC1)C(C)(C)C)C(=O)C(=O)CC1CC1. The smallest absolute Gasteiger partial charge is 0.291 e. The lowest BCUT2D eigenvalue weighted by Gasteiger charge is -2.40. The number of rotatable bonds is 17. The van der Waals surface area contributed by atoms with Gasteiger partial charge in [0.25, 0.3) is 5.91 Å². The molecule has 3 amide bonds. The monoisotopic (exact) mass is 731 g/mol. The van der Waals surface area contributed by atoms with Crippen molar-refractivity contribution in [3.63, 3.8) is 0 Å². The molecule has 3 aliphatic carbocycles.